The van der Waals surface area contributed by atoms with Crippen LogP contribution in [0.2, 0.25) is 0 Å². The molecule has 1 unspecified atom stereocenters. The van der Waals surface area contributed by atoms with Crippen molar-refractivity contribution in [2.45, 2.75) is 37.8 Å². The molecule has 1 heterocycles. The fourth-order valence-corrected chi connectivity index (χ4v) is 3.02. The van der Waals surface area contributed by atoms with Gasteiger partial charge in [0.1, 0.15) is 0 Å². The Bertz CT molecular complexity index is 477. The Morgan fingerprint density at radius 2 is 2.06 bits per heavy atom. The normalized spacial score (nSPS) is 23.2. The van der Waals surface area contributed by atoms with Gasteiger partial charge in [0.05, 0.1) is 6.61 Å². The van der Waals surface area contributed by atoms with Crippen LogP contribution in [0.1, 0.15) is 37.3 Å². The summed E-state index contributed by atoms with van der Waals surface area (Å²) >= 11 is 3.33. The molecule has 1 atom stereocenters. The molecule has 98 valence electrons. The Labute approximate surface area is 113 Å². The minimum atomic E-state index is -0.877. The third-order valence-corrected chi connectivity index (χ3v) is 4.07. The predicted molar refractivity (Wildman–Crippen MR) is 67.7 cm³/mol. The minimum Gasteiger partial charge on any atom is -0.490 e. The van der Waals surface area contributed by atoms with Crippen LogP contribution in [0.25, 0.3) is 0 Å². The summed E-state index contributed by atoms with van der Waals surface area (Å²) < 4.78 is 33.2. The zero-order valence-corrected chi connectivity index (χ0v) is 11.4. The molecule has 1 aromatic carbocycles. The van der Waals surface area contributed by atoms with Crippen molar-refractivity contribution in [2.75, 3.05) is 6.61 Å². The van der Waals surface area contributed by atoms with Gasteiger partial charge in [0.15, 0.2) is 11.6 Å². The maximum absolute atomic E-state index is 13.8. The van der Waals surface area contributed by atoms with E-state index in [-0.39, 0.29) is 11.8 Å². The number of fused-ring (bicyclic) bond motifs is 1. The third-order valence-electron chi connectivity index (χ3n) is 3.41. The smallest absolute Gasteiger partial charge is 0.201 e. The Kier molecular flexibility index (Phi) is 3.28. The van der Waals surface area contributed by atoms with Gasteiger partial charge in [0, 0.05) is 22.1 Å². The minimum absolute atomic E-state index is 0.0412. The van der Waals surface area contributed by atoms with Gasteiger partial charge < -0.3 is 10.1 Å². The van der Waals surface area contributed by atoms with Crippen molar-refractivity contribution >= 4 is 15.9 Å². The van der Waals surface area contributed by atoms with Crippen molar-refractivity contribution < 1.29 is 13.5 Å². The standard InChI is InChI=1S/C13H14BrF2NO/c14-8-6-9(15)12(16)13-11(8)10(2-1-5-18-13)17-7-3-4-7/h6-7,10,17H,1-5H2. The first-order chi connectivity index (χ1) is 8.66. The quantitative estimate of drug-likeness (QED) is 0.840. The van der Waals surface area contributed by atoms with E-state index >= 15 is 0 Å². The average molecular weight is 318 g/mol. The van der Waals surface area contributed by atoms with Crippen molar-refractivity contribution in [3.8, 4) is 5.75 Å². The molecule has 1 aliphatic heterocycles. The van der Waals surface area contributed by atoms with Crippen LogP contribution < -0.4 is 10.1 Å². The molecule has 0 saturated heterocycles. The lowest BCUT2D eigenvalue weighted by Crippen LogP contribution is -2.23. The lowest BCUT2D eigenvalue weighted by atomic mass is 10.0. The molecule has 0 spiro atoms. The summed E-state index contributed by atoms with van der Waals surface area (Å²) in [7, 11) is 0. The van der Waals surface area contributed by atoms with Gasteiger partial charge in [-0.05, 0) is 31.7 Å². The summed E-state index contributed by atoms with van der Waals surface area (Å²) in [5, 5.41) is 3.48. The maximum Gasteiger partial charge on any atom is 0.201 e. The molecule has 2 nitrogen and oxygen atoms in total. The van der Waals surface area contributed by atoms with E-state index in [1.165, 1.54) is 6.07 Å². The highest BCUT2D eigenvalue weighted by molar-refractivity contribution is 9.10. The van der Waals surface area contributed by atoms with E-state index in [0.29, 0.717) is 17.1 Å². The molecule has 1 aliphatic carbocycles. The Morgan fingerprint density at radius 3 is 2.78 bits per heavy atom. The number of hydrogen-bond acceptors (Lipinski definition) is 2. The van der Waals surface area contributed by atoms with Crippen LogP contribution in [0, 0.1) is 11.6 Å². The zero-order valence-electron chi connectivity index (χ0n) is 9.81. The van der Waals surface area contributed by atoms with Crippen LogP contribution in [-0.2, 0) is 0 Å². The number of nitrogens with one attached hydrogen (secondary N) is 1. The molecule has 0 aromatic heterocycles. The molecule has 18 heavy (non-hydrogen) atoms. The van der Waals surface area contributed by atoms with E-state index in [4.69, 9.17) is 4.74 Å². The molecular weight excluding hydrogens is 304 g/mol. The average Bonchev–Trinajstić information content (AvgIpc) is 3.14. The highest BCUT2D eigenvalue weighted by Crippen LogP contribution is 2.41. The van der Waals surface area contributed by atoms with Gasteiger partial charge in [-0.25, -0.2) is 4.39 Å². The van der Waals surface area contributed by atoms with Crippen LogP contribution in [0.3, 0.4) is 0 Å². The van der Waals surface area contributed by atoms with Gasteiger partial charge in [-0.15, -0.1) is 0 Å². The summed E-state index contributed by atoms with van der Waals surface area (Å²) in [6, 6.07) is 1.74. The van der Waals surface area contributed by atoms with Gasteiger partial charge in [-0.1, -0.05) is 15.9 Å². The lowest BCUT2D eigenvalue weighted by Gasteiger charge is -2.20. The lowest BCUT2D eigenvalue weighted by molar-refractivity contribution is 0.295. The first-order valence-corrected chi connectivity index (χ1v) is 7.02. The number of ether oxygens (including phenoxy) is 1. The van der Waals surface area contributed by atoms with Crippen LogP contribution in [0.5, 0.6) is 5.75 Å². The molecule has 1 aromatic rings. The number of rotatable bonds is 2. The van der Waals surface area contributed by atoms with E-state index in [1.807, 2.05) is 0 Å². The molecule has 2 aliphatic rings. The Morgan fingerprint density at radius 1 is 1.28 bits per heavy atom. The first-order valence-electron chi connectivity index (χ1n) is 6.23. The second-order valence-electron chi connectivity index (χ2n) is 4.88. The summed E-state index contributed by atoms with van der Waals surface area (Å²) in [5.74, 6) is -1.68. The van der Waals surface area contributed by atoms with Gasteiger partial charge in [0.25, 0.3) is 0 Å². The van der Waals surface area contributed by atoms with Crippen molar-refractivity contribution in [2.24, 2.45) is 0 Å². The first kappa shape index (κ1) is 12.4. The van der Waals surface area contributed by atoms with Gasteiger partial charge in [-0.3, -0.25) is 0 Å². The molecule has 3 rings (SSSR count). The monoisotopic (exact) mass is 317 g/mol. The summed E-state index contributed by atoms with van der Waals surface area (Å²) in [6.07, 6.45) is 4.04. The van der Waals surface area contributed by atoms with E-state index in [2.05, 4.69) is 21.2 Å². The summed E-state index contributed by atoms with van der Waals surface area (Å²) in [4.78, 5) is 0. The van der Waals surface area contributed by atoms with Gasteiger partial charge >= 0.3 is 0 Å². The SMILES string of the molecule is Fc1cc(Br)c2c(c1F)OCCCC2NC1CC1. The second kappa shape index (κ2) is 4.78. The molecule has 1 N–H and O–H groups in total. The molecule has 0 bridgehead atoms. The molecule has 0 amide bonds. The molecule has 1 saturated carbocycles. The van der Waals surface area contributed by atoms with E-state index in [1.54, 1.807) is 0 Å². The van der Waals surface area contributed by atoms with Crippen LogP contribution in [0.15, 0.2) is 10.5 Å². The molecule has 0 radical (unpaired) electrons. The number of halogens is 3. The van der Waals surface area contributed by atoms with Crippen molar-refractivity contribution in [3.05, 3.63) is 27.7 Å². The second-order valence-corrected chi connectivity index (χ2v) is 5.74. The zero-order chi connectivity index (χ0) is 12.7. The predicted octanol–water partition coefficient (Wildman–Crippen LogP) is 3.69. The van der Waals surface area contributed by atoms with E-state index in [9.17, 15) is 8.78 Å². The fourth-order valence-electron chi connectivity index (χ4n) is 2.36. The molecular formula is C13H14BrF2NO. The van der Waals surface area contributed by atoms with Gasteiger partial charge in [0.2, 0.25) is 5.82 Å². The third kappa shape index (κ3) is 2.26. The van der Waals surface area contributed by atoms with Crippen molar-refractivity contribution in [1.29, 1.82) is 0 Å². The van der Waals surface area contributed by atoms with E-state index in [0.717, 1.165) is 31.2 Å². The maximum atomic E-state index is 13.8. The number of hydrogen-bond donors (Lipinski definition) is 1. The van der Waals surface area contributed by atoms with Crippen LogP contribution in [-0.4, -0.2) is 12.6 Å². The van der Waals surface area contributed by atoms with Crippen molar-refractivity contribution in [3.63, 3.8) is 0 Å². The summed E-state index contributed by atoms with van der Waals surface area (Å²) in [6.45, 7) is 0.433. The highest BCUT2D eigenvalue weighted by Gasteiger charge is 2.31. The number of benzene rings is 1. The highest BCUT2D eigenvalue weighted by atomic mass is 79.9. The van der Waals surface area contributed by atoms with Gasteiger partial charge in [-0.2, -0.15) is 4.39 Å². The molecule has 5 heteroatoms. The topological polar surface area (TPSA) is 21.3 Å². The summed E-state index contributed by atoms with van der Waals surface area (Å²) in [5.41, 5.74) is 0.721. The largest absolute Gasteiger partial charge is 0.490 e. The van der Waals surface area contributed by atoms with E-state index < -0.39 is 11.6 Å². The van der Waals surface area contributed by atoms with Crippen LogP contribution in [0.4, 0.5) is 8.78 Å². The fraction of sp³-hybridized carbons (Fsp3) is 0.538. The Hall–Kier alpha value is -0.680. The molecule has 1 fully saturated rings. The van der Waals surface area contributed by atoms with Crippen molar-refractivity contribution in [1.82, 2.24) is 5.32 Å². The Balaban J connectivity index is 2.04. The van der Waals surface area contributed by atoms with Crippen LogP contribution >= 0.6 is 15.9 Å².